The second-order valence-electron chi connectivity index (χ2n) is 5.09. The van der Waals surface area contributed by atoms with E-state index in [1.165, 1.54) is 4.90 Å². The van der Waals surface area contributed by atoms with E-state index in [4.69, 9.17) is 5.26 Å². The van der Waals surface area contributed by atoms with Crippen LogP contribution in [0.2, 0.25) is 0 Å². The Morgan fingerprint density at radius 1 is 1.50 bits per heavy atom. The van der Waals surface area contributed by atoms with Crippen LogP contribution in [0.5, 0.6) is 0 Å². The maximum Gasteiger partial charge on any atom is 0.232 e. The molecule has 16 heavy (non-hydrogen) atoms. The molecule has 1 aliphatic heterocycles. The van der Waals surface area contributed by atoms with E-state index in [-0.39, 0.29) is 23.1 Å². The molecule has 0 bridgehead atoms. The van der Waals surface area contributed by atoms with Crippen LogP contribution in [0.1, 0.15) is 40.0 Å². The number of likely N-dealkylation sites (tertiary alicyclic amines) is 1. The first-order valence-corrected chi connectivity index (χ1v) is 5.63. The van der Waals surface area contributed by atoms with E-state index >= 15 is 0 Å². The van der Waals surface area contributed by atoms with Crippen LogP contribution in [0.25, 0.3) is 0 Å². The Labute approximate surface area is 96.2 Å². The number of carbonyl (C=O) groups excluding carboxylic acids is 2. The number of carbonyl (C=O) groups is 2. The van der Waals surface area contributed by atoms with Crippen molar-refractivity contribution in [1.29, 1.82) is 5.26 Å². The average molecular weight is 222 g/mol. The summed E-state index contributed by atoms with van der Waals surface area (Å²) < 4.78 is 0. The zero-order chi connectivity index (χ0) is 12.3. The summed E-state index contributed by atoms with van der Waals surface area (Å²) in [5.41, 5.74) is -0.378. The first-order chi connectivity index (χ1) is 7.37. The highest BCUT2D eigenvalue weighted by atomic mass is 16.2. The van der Waals surface area contributed by atoms with Gasteiger partial charge in [-0.1, -0.05) is 6.92 Å². The highest BCUT2D eigenvalue weighted by molar-refractivity contribution is 6.03. The van der Waals surface area contributed by atoms with Gasteiger partial charge in [-0.15, -0.1) is 0 Å². The first-order valence-electron chi connectivity index (χ1n) is 5.63. The maximum atomic E-state index is 11.6. The van der Waals surface area contributed by atoms with E-state index in [9.17, 15) is 9.59 Å². The summed E-state index contributed by atoms with van der Waals surface area (Å²) in [6.07, 6.45) is 1.74. The van der Waals surface area contributed by atoms with Gasteiger partial charge in [-0.05, 0) is 26.7 Å². The Morgan fingerprint density at radius 3 is 2.56 bits per heavy atom. The summed E-state index contributed by atoms with van der Waals surface area (Å²) in [6, 6.07) is 2.21. The maximum absolute atomic E-state index is 11.6. The Kier molecular flexibility index (Phi) is 3.69. The standard InChI is InChI=1S/C12H18N2O2/c1-9-7-10(15)14(11(9)16)6-4-5-12(2,3)8-13/h9H,4-7H2,1-3H3. The highest BCUT2D eigenvalue weighted by Gasteiger charge is 2.35. The number of rotatable bonds is 4. The largest absolute Gasteiger partial charge is 0.282 e. The van der Waals surface area contributed by atoms with Gasteiger partial charge in [0.1, 0.15) is 0 Å². The molecule has 0 spiro atoms. The Balaban J connectivity index is 2.43. The summed E-state index contributed by atoms with van der Waals surface area (Å²) in [5.74, 6) is -0.316. The third-order valence-electron chi connectivity index (χ3n) is 2.96. The van der Waals surface area contributed by atoms with Crippen molar-refractivity contribution in [1.82, 2.24) is 4.90 Å². The zero-order valence-corrected chi connectivity index (χ0v) is 10.1. The fourth-order valence-corrected chi connectivity index (χ4v) is 1.82. The van der Waals surface area contributed by atoms with Gasteiger partial charge in [-0.3, -0.25) is 14.5 Å². The topological polar surface area (TPSA) is 61.2 Å². The van der Waals surface area contributed by atoms with Crippen molar-refractivity contribution < 1.29 is 9.59 Å². The number of nitriles is 1. The van der Waals surface area contributed by atoms with E-state index in [1.54, 1.807) is 6.92 Å². The van der Waals surface area contributed by atoms with Crippen LogP contribution in [0.4, 0.5) is 0 Å². The van der Waals surface area contributed by atoms with Gasteiger partial charge in [-0.25, -0.2) is 0 Å². The van der Waals surface area contributed by atoms with E-state index in [2.05, 4.69) is 6.07 Å². The van der Waals surface area contributed by atoms with Crippen LogP contribution in [0.3, 0.4) is 0 Å². The van der Waals surface area contributed by atoms with Gasteiger partial charge in [0, 0.05) is 18.9 Å². The molecule has 0 aliphatic carbocycles. The van der Waals surface area contributed by atoms with Gasteiger partial charge in [0.05, 0.1) is 11.5 Å². The smallest absolute Gasteiger partial charge is 0.232 e. The van der Waals surface area contributed by atoms with E-state index in [0.717, 1.165) is 0 Å². The van der Waals surface area contributed by atoms with Crippen molar-refractivity contribution in [3.63, 3.8) is 0 Å². The van der Waals surface area contributed by atoms with Gasteiger partial charge >= 0.3 is 0 Å². The minimum absolute atomic E-state index is 0.0697. The second-order valence-corrected chi connectivity index (χ2v) is 5.09. The minimum atomic E-state index is -0.378. The Morgan fingerprint density at radius 2 is 2.12 bits per heavy atom. The van der Waals surface area contributed by atoms with Gasteiger partial charge in [0.2, 0.25) is 11.8 Å². The molecule has 88 valence electrons. The highest BCUT2D eigenvalue weighted by Crippen LogP contribution is 2.23. The molecule has 2 amide bonds. The van der Waals surface area contributed by atoms with Crippen LogP contribution in [-0.4, -0.2) is 23.3 Å². The lowest BCUT2D eigenvalue weighted by Crippen LogP contribution is -2.31. The lowest BCUT2D eigenvalue weighted by Gasteiger charge is -2.18. The first kappa shape index (κ1) is 12.7. The lowest BCUT2D eigenvalue weighted by atomic mass is 9.90. The predicted molar refractivity (Wildman–Crippen MR) is 59.1 cm³/mol. The molecule has 0 aromatic carbocycles. The fraction of sp³-hybridized carbons (Fsp3) is 0.750. The molecule has 1 saturated heterocycles. The molecule has 1 atom stereocenters. The van der Waals surface area contributed by atoms with Crippen molar-refractivity contribution in [2.75, 3.05) is 6.54 Å². The molecule has 1 aliphatic rings. The summed E-state index contributed by atoms with van der Waals surface area (Å²) in [6.45, 7) is 5.96. The van der Waals surface area contributed by atoms with Crippen molar-refractivity contribution in [3.05, 3.63) is 0 Å². The number of imide groups is 1. The summed E-state index contributed by atoms with van der Waals surface area (Å²) in [7, 11) is 0. The fourth-order valence-electron chi connectivity index (χ4n) is 1.82. The molecule has 0 saturated carbocycles. The molecule has 1 unspecified atom stereocenters. The number of hydrogen-bond acceptors (Lipinski definition) is 3. The quantitative estimate of drug-likeness (QED) is 0.680. The molecular weight excluding hydrogens is 204 g/mol. The number of nitrogens with zero attached hydrogens (tertiary/aromatic N) is 2. The molecule has 0 aromatic rings. The Hall–Kier alpha value is -1.37. The summed E-state index contributed by atoms with van der Waals surface area (Å²) >= 11 is 0. The molecule has 1 rings (SSSR count). The molecule has 4 nitrogen and oxygen atoms in total. The molecule has 1 fully saturated rings. The third-order valence-corrected chi connectivity index (χ3v) is 2.96. The Bertz CT molecular complexity index is 341. The van der Waals surface area contributed by atoms with Crippen LogP contribution >= 0.6 is 0 Å². The third kappa shape index (κ3) is 2.82. The van der Waals surface area contributed by atoms with Gasteiger partial charge in [-0.2, -0.15) is 5.26 Å². The van der Waals surface area contributed by atoms with E-state index in [0.29, 0.717) is 25.8 Å². The summed E-state index contributed by atoms with van der Waals surface area (Å²) in [5, 5.41) is 8.83. The monoisotopic (exact) mass is 222 g/mol. The normalized spacial score (nSPS) is 21.4. The number of hydrogen-bond donors (Lipinski definition) is 0. The van der Waals surface area contributed by atoms with Gasteiger partial charge in [0.15, 0.2) is 0 Å². The molecular formula is C12H18N2O2. The van der Waals surface area contributed by atoms with Crippen molar-refractivity contribution >= 4 is 11.8 Å². The van der Waals surface area contributed by atoms with E-state index < -0.39 is 0 Å². The van der Waals surface area contributed by atoms with Crippen molar-refractivity contribution in [3.8, 4) is 6.07 Å². The lowest BCUT2D eigenvalue weighted by molar-refractivity contribution is -0.139. The molecule has 0 aromatic heterocycles. The van der Waals surface area contributed by atoms with Gasteiger partial charge < -0.3 is 0 Å². The van der Waals surface area contributed by atoms with Crippen LogP contribution in [0.15, 0.2) is 0 Å². The second kappa shape index (κ2) is 4.65. The van der Waals surface area contributed by atoms with Crippen molar-refractivity contribution in [2.24, 2.45) is 11.3 Å². The molecule has 1 heterocycles. The van der Waals surface area contributed by atoms with Gasteiger partial charge in [0.25, 0.3) is 0 Å². The minimum Gasteiger partial charge on any atom is -0.282 e. The zero-order valence-electron chi connectivity index (χ0n) is 10.1. The predicted octanol–water partition coefficient (Wildman–Crippen LogP) is 1.71. The van der Waals surface area contributed by atoms with Crippen LogP contribution in [0, 0.1) is 22.7 Å². The average Bonchev–Trinajstić information content (AvgIpc) is 2.44. The number of amides is 2. The molecule has 4 heteroatoms. The molecule has 0 N–H and O–H groups in total. The van der Waals surface area contributed by atoms with Crippen LogP contribution < -0.4 is 0 Å². The SMILES string of the molecule is CC1CC(=O)N(CCCC(C)(C)C#N)C1=O. The van der Waals surface area contributed by atoms with Crippen LogP contribution in [-0.2, 0) is 9.59 Å². The van der Waals surface area contributed by atoms with E-state index in [1.807, 2.05) is 13.8 Å². The summed E-state index contributed by atoms with van der Waals surface area (Å²) in [4.78, 5) is 24.4. The molecule has 0 radical (unpaired) electrons. The van der Waals surface area contributed by atoms with Crippen molar-refractivity contribution in [2.45, 2.75) is 40.0 Å².